The molecule has 0 saturated carbocycles. The standard InChI is InChI=1S/C24H28N2O4S2/c1-18-7-8-23(19(2)15-18)32(28,29)26-11-9-20(10-12-26)24(27)25(16-21-5-3-13-30-21)17-22-6-4-14-31-22/h3-8,13-15,20H,9-12,16-17H2,1-2H3. The highest BCUT2D eigenvalue weighted by Crippen LogP contribution is 2.28. The van der Waals surface area contributed by atoms with Crippen LogP contribution in [0.4, 0.5) is 0 Å². The zero-order chi connectivity index (χ0) is 22.7. The van der Waals surface area contributed by atoms with Gasteiger partial charge in [0.2, 0.25) is 15.9 Å². The SMILES string of the molecule is Cc1ccc(S(=O)(=O)N2CCC(C(=O)N(Cc3ccco3)Cc3cccs3)CC2)c(C)c1. The van der Waals surface area contributed by atoms with Gasteiger partial charge in [0.05, 0.1) is 24.2 Å². The van der Waals surface area contributed by atoms with Crippen molar-refractivity contribution >= 4 is 27.3 Å². The second kappa shape index (κ2) is 9.60. The molecule has 0 bridgehead atoms. The van der Waals surface area contributed by atoms with Gasteiger partial charge in [-0.2, -0.15) is 4.31 Å². The first-order valence-corrected chi connectivity index (χ1v) is 13.1. The maximum atomic E-state index is 13.4. The number of rotatable bonds is 7. The Morgan fingerprint density at radius 2 is 1.91 bits per heavy atom. The van der Waals surface area contributed by atoms with E-state index < -0.39 is 10.0 Å². The predicted octanol–water partition coefficient (Wildman–Crippen LogP) is 4.59. The molecule has 32 heavy (non-hydrogen) atoms. The van der Waals surface area contributed by atoms with Gasteiger partial charge in [-0.05, 0) is 61.9 Å². The summed E-state index contributed by atoms with van der Waals surface area (Å²) < 4.78 is 33.3. The Bertz CT molecular complexity index is 1110. The van der Waals surface area contributed by atoms with E-state index in [1.54, 1.807) is 23.7 Å². The molecule has 0 N–H and O–H groups in total. The molecule has 1 amide bonds. The summed E-state index contributed by atoms with van der Waals surface area (Å²) in [5, 5.41) is 2.00. The highest BCUT2D eigenvalue weighted by molar-refractivity contribution is 7.89. The molecule has 8 heteroatoms. The van der Waals surface area contributed by atoms with Gasteiger partial charge in [0.1, 0.15) is 5.76 Å². The molecule has 1 aliphatic heterocycles. The summed E-state index contributed by atoms with van der Waals surface area (Å²) in [6, 6.07) is 13.1. The van der Waals surface area contributed by atoms with Crippen LogP contribution in [0.2, 0.25) is 0 Å². The summed E-state index contributed by atoms with van der Waals surface area (Å²) in [5.41, 5.74) is 1.79. The second-order valence-corrected chi connectivity index (χ2v) is 11.2. The van der Waals surface area contributed by atoms with Crippen molar-refractivity contribution in [2.45, 2.75) is 44.7 Å². The van der Waals surface area contributed by atoms with Crippen LogP contribution >= 0.6 is 11.3 Å². The average molecular weight is 473 g/mol. The Labute approximate surface area is 193 Å². The number of piperidine rings is 1. The van der Waals surface area contributed by atoms with Crippen LogP contribution in [-0.4, -0.2) is 36.6 Å². The minimum absolute atomic E-state index is 0.0540. The van der Waals surface area contributed by atoms with Crippen LogP contribution in [0.25, 0.3) is 0 Å². The number of furan rings is 1. The number of carbonyl (C=O) groups is 1. The molecule has 0 spiro atoms. The van der Waals surface area contributed by atoms with Crippen molar-refractivity contribution in [3.05, 3.63) is 75.9 Å². The Balaban J connectivity index is 1.45. The van der Waals surface area contributed by atoms with Gasteiger partial charge in [-0.1, -0.05) is 23.8 Å². The van der Waals surface area contributed by atoms with Gasteiger partial charge in [-0.15, -0.1) is 11.3 Å². The van der Waals surface area contributed by atoms with Crippen molar-refractivity contribution in [2.75, 3.05) is 13.1 Å². The molecule has 2 aromatic heterocycles. The quantitative estimate of drug-likeness (QED) is 0.504. The van der Waals surface area contributed by atoms with Crippen molar-refractivity contribution in [3.8, 4) is 0 Å². The van der Waals surface area contributed by atoms with Gasteiger partial charge in [0.15, 0.2) is 0 Å². The molecule has 6 nitrogen and oxygen atoms in total. The van der Waals surface area contributed by atoms with Crippen LogP contribution in [0.5, 0.6) is 0 Å². The molecule has 1 aliphatic rings. The number of thiophene rings is 1. The first kappa shape index (κ1) is 22.8. The van der Waals surface area contributed by atoms with Crippen molar-refractivity contribution < 1.29 is 17.6 Å². The van der Waals surface area contributed by atoms with Gasteiger partial charge in [-0.25, -0.2) is 8.42 Å². The van der Waals surface area contributed by atoms with E-state index in [2.05, 4.69) is 0 Å². The third-order valence-corrected chi connectivity index (χ3v) is 8.84. The van der Waals surface area contributed by atoms with Gasteiger partial charge < -0.3 is 9.32 Å². The number of sulfonamides is 1. The fourth-order valence-corrected chi connectivity index (χ4v) is 6.62. The highest BCUT2D eigenvalue weighted by atomic mass is 32.2. The Morgan fingerprint density at radius 3 is 2.53 bits per heavy atom. The number of nitrogens with zero attached hydrogens (tertiary/aromatic N) is 2. The molecule has 1 saturated heterocycles. The van der Waals surface area contributed by atoms with E-state index in [9.17, 15) is 13.2 Å². The van der Waals surface area contributed by atoms with E-state index in [1.807, 2.05) is 60.5 Å². The lowest BCUT2D eigenvalue weighted by atomic mass is 9.96. The molecule has 3 aromatic rings. The molecule has 0 atom stereocenters. The van der Waals surface area contributed by atoms with Gasteiger partial charge >= 0.3 is 0 Å². The summed E-state index contributed by atoms with van der Waals surface area (Å²) in [7, 11) is -3.57. The lowest BCUT2D eigenvalue weighted by Gasteiger charge is -2.33. The van der Waals surface area contributed by atoms with E-state index >= 15 is 0 Å². The maximum Gasteiger partial charge on any atom is 0.243 e. The summed E-state index contributed by atoms with van der Waals surface area (Å²) in [6.07, 6.45) is 2.64. The van der Waals surface area contributed by atoms with Crippen molar-refractivity contribution in [1.82, 2.24) is 9.21 Å². The fraction of sp³-hybridized carbons (Fsp3) is 0.375. The summed E-state index contributed by atoms with van der Waals surface area (Å²) in [4.78, 5) is 16.7. The predicted molar refractivity (Wildman–Crippen MR) is 125 cm³/mol. The molecule has 0 unspecified atom stereocenters. The molecule has 0 aliphatic carbocycles. The average Bonchev–Trinajstić information content (AvgIpc) is 3.47. The molecule has 3 heterocycles. The lowest BCUT2D eigenvalue weighted by Crippen LogP contribution is -2.44. The molecule has 1 aromatic carbocycles. The minimum atomic E-state index is -3.57. The smallest absolute Gasteiger partial charge is 0.243 e. The molecular weight excluding hydrogens is 444 g/mol. The number of hydrogen-bond acceptors (Lipinski definition) is 5. The summed E-state index contributed by atoms with van der Waals surface area (Å²) in [6.45, 7) is 5.40. The third kappa shape index (κ3) is 4.98. The summed E-state index contributed by atoms with van der Waals surface area (Å²) >= 11 is 1.62. The number of hydrogen-bond donors (Lipinski definition) is 0. The zero-order valence-corrected chi connectivity index (χ0v) is 20.0. The largest absolute Gasteiger partial charge is 0.467 e. The van der Waals surface area contributed by atoms with Crippen LogP contribution in [0, 0.1) is 19.8 Å². The van der Waals surface area contributed by atoms with Crippen LogP contribution in [0.15, 0.2) is 63.4 Å². The van der Waals surface area contributed by atoms with E-state index in [4.69, 9.17) is 4.42 Å². The third-order valence-electron chi connectivity index (χ3n) is 5.92. The first-order valence-electron chi connectivity index (χ1n) is 10.8. The monoisotopic (exact) mass is 472 g/mol. The molecule has 170 valence electrons. The Kier molecular flexibility index (Phi) is 6.83. The van der Waals surface area contributed by atoms with Crippen LogP contribution in [0.3, 0.4) is 0 Å². The zero-order valence-electron chi connectivity index (χ0n) is 18.4. The molecule has 0 radical (unpaired) electrons. The van der Waals surface area contributed by atoms with Gasteiger partial charge in [0.25, 0.3) is 0 Å². The maximum absolute atomic E-state index is 13.4. The van der Waals surface area contributed by atoms with E-state index in [0.29, 0.717) is 43.9 Å². The van der Waals surface area contributed by atoms with E-state index in [-0.39, 0.29) is 11.8 Å². The van der Waals surface area contributed by atoms with Crippen LogP contribution in [-0.2, 0) is 27.9 Å². The normalized spacial score (nSPS) is 15.7. The number of carbonyl (C=O) groups excluding carboxylic acids is 1. The van der Waals surface area contributed by atoms with Crippen molar-refractivity contribution in [2.24, 2.45) is 5.92 Å². The first-order chi connectivity index (χ1) is 15.3. The van der Waals surface area contributed by atoms with Crippen molar-refractivity contribution in [3.63, 3.8) is 0 Å². The minimum Gasteiger partial charge on any atom is -0.467 e. The van der Waals surface area contributed by atoms with Crippen LogP contribution in [0.1, 0.15) is 34.6 Å². The Morgan fingerprint density at radius 1 is 1.12 bits per heavy atom. The van der Waals surface area contributed by atoms with Gasteiger partial charge in [-0.3, -0.25) is 4.79 Å². The van der Waals surface area contributed by atoms with E-state index in [1.165, 1.54) is 4.31 Å². The number of benzene rings is 1. The lowest BCUT2D eigenvalue weighted by molar-refractivity contribution is -0.138. The van der Waals surface area contributed by atoms with Gasteiger partial charge in [0, 0.05) is 23.9 Å². The molecule has 4 rings (SSSR count). The highest BCUT2D eigenvalue weighted by Gasteiger charge is 2.34. The second-order valence-electron chi connectivity index (χ2n) is 8.30. The van der Waals surface area contributed by atoms with Crippen molar-refractivity contribution in [1.29, 1.82) is 0 Å². The number of amides is 1. The number of aryl methyl sites for hydroxylation is 2. The molecular formula is C24H28N2O4S2. The fourth-order valence-electron chi connectivity index (χ4n) is 4.22. The summed E-state index contributed by atoms with van der Waals surface area (Å²) in [5.74, 6) is 0.596. The van der Waals surface area contributed by atoms with E-state index in [0.717, 1.165) is 21.8 Å². The topological polar surface area (TPSA) is 70.8 Å². The molecule has 1 fully saturated rings. The Hall–Kier alpha value is -2.42. The van der Waals surface area contributed by atoms with Crippen LogP contribution < -0.4 is 0 Å².